The monoisotopic (exact) mass is 303 g/mol. The highest BCUT2D eigenvalue weighted by atomic mass is 35.5. The summed E-state index contributed by atoms with van der Waals surface area (Å²) in [6.45, 7) is 0.795. The number of carbonyl (C=O) groups is 1. The van der Waals surface area contributed by atoms with Crippen molar-refractivity contribution in [1.82, 2.24) is 5.32 Å². The molecule has 1 heterocycles. The topological polar surface area (TPSA) is 101 Å². The molecule has 6 nitrogen and oxygen atoms in total. The minimum atomic E-state index is -3.82. The van der Waals surface area contributed by atoms with E-state index in [4.69, 9.17) is 16.7 Å². The number of amides is 1. The van der Waals surface area contributed by atoms with E-state index in [-0.39, 0.29) is 27.6 Å². The summed E-state index contributed by atoms with van der Waals surface area (Å²) < 4.78 is 22.5. The summed E-state index contributed by atoms with van der Waals surface area (Å²) in [7, 11) is -3.82. The molecule has 0 radical (unpaired) electrons. The van der Waals surface area contributed by atoms with Crippen LogP contribution in [0.3, 0.4) is 0 Å². The Hall–Kier alpha value is -1.15. The molecule has 19 heavy (non-hydrogen) atoms. The standard InChI is InChI=1S/C11H14ClN3O3S/c12-8-4-3-7(19(13,17)18)6-10(8)15-11(16)9-2-1-5-14-9/h3-4,6,9,14H,1-2,5H2,(H,15,16)(H2,13,17,18). The summed E-state index contributed by atoms with van der Waals surface area (Å²) in [4.78, 5) is 11.8. The third kappa shape index (κ3) is 3.44. The highest BCUT2D eigenvalue weighted by molar-refractivity contribution is 7.89. The van der Waals surface area contributed by atoms with Gasteiger partial charge in [-0.15, -0.1) is 0 Å². The average molecular weight is 304 g/mol. The van der Waals surface area contributed by atoms with Gasteiger partial charge in [-0.25, -0.2) is 13.6 Å². The summed E-state index contributed by atoms with van der Waals surface area (Å²) >= 11 is 5.93. The first kappa shape index (κ1) is 14.3. The quantitative estimate of drug-likeness (QED) is 0.764. The molecule has 1 fully saturated rings. The van der Waals surface area contributed by atoms with Crippen LogP contribution < -0.4 is 15.8 Å². The molecule has 1 saturated heterocycles. The summed E-state index contributed by atoms with van der Waals surface area (Å²) in [5.41, 5.74) is 0.242. The Balaban J connectivity index is 2.22. The number of primary sulfonamides is 1. The SMILES string of the molecule is NS(=O)(=O)c1ccc(Cl)c(NC(=O)C2CCCN2)c1. The van der Waals surface area contributed by atoms with E-state index in [0.717, 1.165) is 19.4 Å². The Kier molecular flexibility index (Phi) is 4.10. The van der Waals surface area contributed by atoms with Gasteiger partial charge in [-0.3, -0.25) is 4.79 Å². The van der Waals surface area contributed by atoms with E-state index in [9.17, 15) is 13.2 Å². The predicted octanol–water partition coefficient (Wildman–Crippen LogP) is 0.678. The molecule has 0 aliphatic carbocycles. The van der Waals surface area contributed by atoms with Crippen molar-refractivity contribution in [2.45, 2.75) is 23.8 Å². The van der Waals surface area contributed by atoms with Crippen LogP contribution in [0.1, 0.15) is 12.8 Å². The molecule has 1 aliphatic rings. The van der Waals surface area contributed by atoms with Crippen LogP contribution in [0.25, 0.3) is 0 Å². The average Bonchev–Trinajstić information content (AvgIpc) is 2.84. The lowest BCUT2D eigenvalue weighted by atomic mass is 10.2. The van der Waals surface area contributed by atoms with Crippen molar-refractivity contribution in [3.8, 4) is 0 Å². The zero-order valence-corrected chi connectivity index (χ0v) is 11.6. The molecule has 104 valence electrons. The highest BCUT2D eigenvalue weighted by Gasteiger charge is 2.23. The molecule has 1 unspecified atom stereocenters. The number of nitrogens with one attached hydrogen (secondary N) is 2. The van der Waals surface area contributed by atoms with Crippen LogP contribution in [-0.4, -0.2) is 26.9 Å². The maximum Gasteiger partial charge on any atom is 0.241 e. The van der Waals surface area contributed by atoms with Gasteiger partial charge in [-0.1, -0.05) is 11.6 Å². The molecule has 1 aliphatic heterocycles. The second-order valence-electron chi connectivity index (χ2n) is 4.32. The van der Waals surface area contributed by atoms with Crippen LogP contribution >= 0.6 is 11.6 Å². The second-order valence-corrected chi connectivity index (χ2v) is 6.29. The highest BCUT2D eigenvalue weighted by Crippen LogP contribution is 2.25. The molecule has 0 bridgehead atoms. The number of hydrogen-bond acceptors (Lipinski definition) is 4. The lowest BCUT2D eigenvalue weighted by Crippen LogP contribution is -2.35. The fourth-order valence-electron chi connectivity index (χ4n) is 1.91. The van der Waals surface area contributed by atoms with Gasteiger partial charge < -0.3 is 10.6 Å². The first-order valence-electron chi connectivity index (χ1n) is 5.74. The second kappa shape index (κ2) is 5.46. The van der Waals surface area contributed by atoms with Crippen molar-refractivity contribution >= 4 is 33.2 Å². The van der Waals surface area contributed by atoms with Crippen molar-refractivity contribution < 1.29 is 13.2 Å². The zero-order valence-electron chi connectivity index (χ0n) is 10.0. The van der Waals surface area contributed by atoms with Crippen LogP contribution in [0.2, 0.25) is 5.02 Å². The van der Waals surface area contributed by atoms with Crippen LogP contribution in [0.4, 0.5) is 5.69 Å². The number of benzene rings is 1. The van der Waals surface area contributed by atoms with E-state index in [1.165, 1.54) is 18.2 Å². The smallest absolute Gasteiger partial charge is 0.241 e. The Bertz CT molecular complexity index is 597. The van der Waals surface area contributed by atoms with Crippen molar-refractivity contribution in [3.05, 3.63) is 23.2 Å². The lowest BCUT2D eigenvalue weighted by Gasteiger charge is -2.13. The van der Waals surface area contributed by atoms with Crippen molar-refractivity contribution in [1.29, 1.82) is 0 Å². The molecular weight excluding hydrogens is 290 g/mol. The van der Waals surface area contributed by atoms with E-state index in [2.05, 4.69) is 10.6 Å². The van der Waals surface area contributed by atoms with E-state index in [1.54, 1.807) is 0 Å². The molecular formula is C11H14ClN3O3S. The van der Waals surface area contributed by atoms with Crippen molar-refractivity contribution in [2.75, 3.05) is 11.9 Å². The number of rotatable bonds is 3. The number of sulfonamides is 1. The number of nitrogens with two attached hydrogens (primary N) is 1. The predicted molar refractivity (Wildman–Crippen MR) is 72.5 cm³/mol. The van der Waals surface area contributed by atoms with Gasteiger partial charge >= 0.3 is 0 Å². The fraction of sp³-hybridized carbons (Fsp3) is 0.364. The van der Waals surface area contributed by atoms with Gasteiger partial charge in [0.15, 0.2) is 0 Å². The summed E-state index contributed by atoms with van der Waals surface area (Å²) in [5.74, 6) is -0.231. The Morgan fingerprint density at radius 1 is 1.47 bits per heavy atom. The maximum absolute atomic E-state index is 11.9. The lowest BCUT2D eigenvalue weighted by molar-refractivity contribution is -0.117. The molecule has 1 aromatic carbocycles. The van der Waals surface area contributed by atoms with Gasteiger partial charge in [0, 0.05) is 0 Å². The molecule has 0 spiro atoms. The van der Waals surface area contributed by atoms with Crippen LogP contribution in [-0.2, 0) is 14.8 Å². The molecule has 0 aromatic heterocycles. The summed E-state index contributed by atoms with van der Waals surface area (Å²) in [5, 5.41) is 10.9. The van der Waals surface area contributed by atoms with Crippen LogP contribution in [0.15, 0.2) is 23.1 Å². The molecule has 2 rings (SSSR count). The minimum absolute atomic E-state index is 0.0911. The van der Waals surface area contributed by atoms with E-state index in [0.29, 0.717) is 0 Å². The molecule has 1 amide bonds. The molecule has 8 heteroatoms. The van der Waals surface area contributed by atoms with E-state index < -0.39 is 10.0 Å². The largest absolute Gasteiger partial charge is 0.323 e. The fourth-order valence-corrected chi connectivity index (χ4v) is 2.61. The maximum atomic E-state index is 11.9. The van der Waals surface area contributed by atoms with Gasteiger partial charge in [0.05, 0.1) is 21.6 Å². The number of halogens is 1. The van der Waals surface area contributed by atoms with Gasteiger partial charge in [-0.05, 0) is 37.6 Å². The number of carbonyl (C=O) groups excluding carboxylic acids is 1. The van der Waals surface area contributed by atoms with E-state index in [1.807, 2.05) is 0 Å². The molecule has 0 saturated carbocycles. The van der Waals surface area contributed by atoms with E-state index >= 15 is 0 Å². The van der Waals surface area contributed by atoms with Crippen molar-refractivity contribution in [2.24, 2.45) is 5.14 Å². The summed E-state index contributed by atoms with van der Waals surface area (Å²) in [6.07, 6.45) is 1.68. The molecule has 4 N–H and O–H groups in total. The zero-order chi connectivity index (χ0) is 14.0. The van der Waals surface area contributed by atoms with Gasteiger partial charge in [0.25, 0.3) is 0 Å². The Morgan fingerprint density at radius 2 is 2.21 bits per heavy atom. The van der Waals surface area contributed by atoms with Gasteiger partial charge in [-0.2, -0.15) is 0 Å². The normalized spacial score (nSPS) is 19.4. The van der Waals surface area contributed by atoms with Crippen LogP contribution in [0.5, 0.6) is 0 Å². The Labute approximate surface area is 116 Å². The Morgan fingerprint density at radius 3 is 2.79 bits per heavy atom. The third-order valence-electron chi connectivity index (χ3n) is 2.90. The molecule has 1 atom stereocenters. The van der Waals surface area contributed by atoms with Gasteiger partial charge in [0.1, 0.15) is 0 Å². The summed E-state index contributed by atoms with van der Waals surface area (Å²) in [6, 6.07) is 3.67. The van der Waals surface area contributed by atoms with Crippen molar-refractivity contribution in [3.63, 3.8) is 0 Å². The van der Waals surface area contributed by atoms with Gasteiger partial charge in [0.2, 0.25) is 15.9 Å². The number of anilines is 1. The number of hydrogen-bond donors (Lipinski definition) is 3. The minimum Gasteiger partial charge on any atom is -0.323 e. The van der Waals surface area contributed by atoms with Crippen LogP contribution in [0, 0.1) is 0 Å². The first-order valence-corrected chi connectivity index (χ1v) is 7.67. The third-order valence-corrected chi connectivity index (χ3v) is 4.14. The molecule has 1 aromatic rings. The first-order chi connectivity index (χ1) is 8.88.